The quantitative estimate of drug-likeness (QED) is 0.0195. The zero-order chi connectivity index (χ0) is 68.6. The van der Waals surface area contributed by atoms with E-state index in [1.54, 1.807) is 6.08 Å². The van der Waals surface area contributed by atoms with Gasteiger partial charge in [-0.1, -0.05) is 378 Å². The number of rotatable bonds is 75. The largest absolute Gasteiger partial charge is 0.466 e. The van der Waals surface area contributed by atoms with E-state index in [2.05, 4.69) is 43.5 Å². The summed E-state index contributed by atoms with van der Waals surface area (Å²) >= 11 is 0. The van der Waals surface area contributed by atoms with Gasteiger partial charge in [0.25, 0.3) is 0 Å². The number of hydrogen-bond acceptors (Lipinski definition) is 10. The number of amides is 1. The summed E-state index contributed by atoms with van der Waals surface area (Å²) in [6.07, 6.45) is 86.3. The molecule has 95 heavy (non-hydrogen) atoms. The molecule has 0 radical (unpaired) electrons. The number of carbonyl (C=O) groups is 2. The maximum atomic E-state index is 13.1. The number of ether oxygens (including phenoxy) is 3. The molecule has 11 heteroatoms. The van der Waals surface area contributed by atoms with E-state index in [0.717, 1.165) is 51.4 Å². The maximum absolute atomic E-state index is 13.1. The molecular weight excluding hydrogens is 1180 g/mol. The van der Waals surface area contributed by atoms with Gasteiger partial charge in [-0.2, -0.15) is 0 Å². The van der Waals surface area contributed by atoms with Crippen LogP contribution >= 0.6 is 0 Å². The molecule has 1 rings (SSSR count). The van der Waals surface area contributed by atoms with Crippen molar-refractivity contribution in [1.82, 2.24) is 5.32 Å². The zero-order valence-electron chi connectivity index (χ0n) is 62.7. The highest BCUT2D eigenvalue weighted by Gasteiger charge is 2.44. The predicted octanol–water partition coefficient (Wildman–Crippen LogP) is 22.9. The Balaban J connectivity index is 1.87. The van der Waals surface area contributed by atoms with Crippen molar-refractivity contribution in [3.63, 3.8) is 0 Å². The molecule has 560 valence electrons. The van der Waals surface area contributed by atoms with Gasteiger partial charge in [0.05, 0.1) is 32.0 Å². The zero-order valence-corrected chi connectivity index (χ0v) is 62.7. The molecule has 0 aromatic rings. The van der Waals surface area contributed by atoms with E-state index in [4.69, 9.17) is 14.2 Å². The topological polar surface area (TPSA) is 175 Å². The van der Waals surface area contributed by atoms with Gasteiger partial charge >= 0.3 is 5.97 Å². The second-order valence-corrected chi connectivity index (χ2v) is 29.2. The number of nitrogens with one attached hydrogen (secondary N) is 1. The molecule has 6 N–H and O–H groups in total. The van der Waals surface area contributed by atoms with Gasteiger partial charge in [0.1, 0.15) is 24.4 Å². The van der Waals surface area contributed by atoms with E-state index >= 15 is 0 Å². The molecule has 1 aliphatic rings. The minimum Gasteiger partial charge on any atom is -0.466 e. The van der Waals surface area contributed by atoms with Crippen LogP contribution in [0, 0.1) is 0 Å². The van der Waals surface area contributed by atoms with Crippen LogP contribution in [-0.2, 0) is 23.8 Å². The van der Waals surface area contributed by atoms with Crippen molar-refractivity contribution in [1.29, 1.82) is 0 Å². The number of allylic oxidation sites excluding steroid dienone is 5. The van der Waals surface area contributed by atoms with E-state index in [0.29, 0.717) is 19.4 Å². The fraction of sp³-hybridized carbons (Fsp3) is 0.905. The van der Waals surface area contributed by atoms with Crippen LogP contribution in [0.25, 0.3) is 0 Å². The van der Waals surface area contributed by atoms with Crippen LogP contribution < -0.4 is 5.32 Å². The SMILES string of the molecule is CCCCCCCC/C=C/CC/C=C/C(O)C(COC1OC(CO)C(O)C(O)C1O)NC(=O)CCCCCCCCCCCCCCCCCCC/C=C\CCCCCCCCCCCCCCCCCCCCOC(=O)CCCCCCCCCCCCCCCCCC. The normalized spacial score (nSPS) is 17.5. The molecule has 1 amide bonds. The van der Waals surface area contributed by atoms with Crippen molar-refractivity contribution >= 4 is 11.9 Å². The second kappa shape index (κ2) is 73.1. The highest BCUT2D eigenvalue weighted by molar-refractivity contribution is 5.76. The van der Waals surface area contributed by atoms with Crippen LogP contribution in [0.15, 0.2) is 36.5 Å². The first kappa shape index (κ1) is 90.9. The summed E-state index contributed by atoms with van der Waals surface area (Å²) in [7, 11) is 0. The number of aliphatic hydroxyl groups is 5. The molecule has 1 saturated heterocycles. The minimum atomic E-state index is -1.57. The third kappa shape index (κ3) is 61.5. The van der Waals surface area contributed by atoms with Gasteiger partial charge in [-0.25, -0.2) is 0 Å². The van der Waals surface area contributed by atoms with Crippen molar-refractivity contribution < 1.29 is 49.3 Å². The first-order valence-electron chi connectivity index (χ1n) is 41.8. The van der Waals surface area contributed by atoms with E-state index in [1.807, 2.05) is 6.08 Å². The van der Waals surface area contributed by atoms with Crippen molar-refractivity contribution in [3.8, 4) is 0 Å². The molecule has 0 aromatic heterocycles. The molecule has 0 saturated carbocycles. The predicted molar refractivity (Wildman–Crippen MR) is 403 cm³/mol. The first-order valence-corrected chi connectivity index (χ1v) is 41.8. The molecular formula is C84H159NO10. The fourth-order valence-electron chi connectivity index (χ4n) is 13.5. The Labute approximate surface area is 587 Å². The summed E-state index contributed by atoms with van der Waals surface area (Å²) in [5, 5.41) is 54.5. The monoisotopic (exact) mass is 1340 g/mol. The molecule has 1 fully saturated rings. The highest BCUT2D eigenvalue weighted by Crippen LogP contribution is 2.24. The second-order valence-electron chi connectivity index (χ2n) is 29.2. The molecule has 7 atom stereocenters. The van der Waals surface area contributed by atoms with Crippen LogP contribution in [0.2, 0.25) is 0 Å². The molecule has 7 unspecified atom stereocenters. The molecule has 0 bridgehead atoms. The summed E-state index contributed by atoms with van der Waals surface area (Å²) < 4.78 is 16.8. The molecule has 1 heterocycles. The van der Waals surface area contributed by atoms with Crippen molar-refractivity contribution in [2.24, 2.45) is 0 Å². The Bertz CT molecular complexity index is 1670. The number of aliphatic hydroxyl groups excluding tert-OH is 5. The van der Waals surface area contributed by atoms with Gasteiger partial charge in [-0.05, 0) is 70.6 Å². The van der Waals surface area contributed by atoms with Gasteiger partial charge in [-0.3, -0.25) is 9.59 Å². The molecule has 0 aliphatic carbocycles. The summed E-state index contributed by atoms with van der Waals surface area (Å²) in [5.41, 5.74) is 0. The average molecular weight is 1340 g/mol. The third-order valence-corrected chi connectivity index (χ3v) is 20.0. The van der Waals surface area contributed by atoms with Crippen molar-refractivity contribution in [2.45, 2.75) is 468 Å². The van der Waals surface area contributed by atoms with E-state index in [9.17, 15) is 35.1 Å². The highest BCUT2D eigenvalue weighted by atomic mass is 16.7. The summed E-state index contributed by atoms with van der Waals surface area (Å²) in [5.74, 6) is -0.165. The molecule has 0 aromatic carbocycles. The maximum Gasteiger partial charge on any atom is 0.305 e. The van der Waals surface area contributed by atoms with Gasteiger partial charge in [0.15, 0.2) is 6.29 Å². The van der Waals surface area contributed by atoms with E-state index in [-0.39, 0.29) is 18.5 Å². The van der Waals surface area contributed by atoms with Crippen LogP contribution in [0.4, 0.5) is 0 Å². The van der Waals surface area contributed by atoms with Crippen LogP contribution in [0.1, 0.15) is 425 Å². The first-order chi connectivity index (χ1) is 46.7. The van der Waals surface area contributed by atoms with Gasteiger partial charge in [-0.15, -0.1) is 0 Å². The van der Waals surface area contributed by atoms with E-state index < -0.39 is 49.5 Å². The number of esters is 1. The lowest BCUT2D eigenvalue weighted by Gasteiger charge is -2.40. The van der Waals surface area contributed by atoms with Gasteiger partial charge in [0, 0.05) is 12.8 Å². The lowest BCUT2D eigenvalue weighted by molar-refractivity contribution is -0.302. The van der Waals surface area contributed by atoms with Crippen molar-refractivity contribution in [2.75, 3.05) is 19.8 Å². The van der Waals surface area contributed by atoms with Gasteiger partial charge in [0.2, 0.25) is 5.91 Å². The summed E-state index contributed by atoms with van der Waals surface area (Å²) in [6.45, 7) is 4.37. The Morgan fingerprint density at radius 2 is 0.684 bits per heavy atom. The third-order valence-electron chi connectivity index (χ3n) is 20.0. The Morgan fingerprint density at radius 3 is 1.04 bits per heavy atom. The van der Waals surface area contributed by atoms with Crippen LogP contribution in [0.5, 0.6) is 0 Å². The Kier molecular flexibility index (Phi) is 69.9. The lowest BCUT2D eigenvalue weighted by atomic mass is 9.99. The molecule has 11 nitrogen and oxygen atoms in total. The van der Waals surface area contributed by atoms with Gasteiger partial charge < -0.3 is 45.1 Å². The fourth-order valence-corrected chi connectivity index (χ4v) is 13.5. The standard InChI is InChI=1S/C84H159NO10/c1-3-5-7-9-11-13-15-17-18-45-48-52-56-60-64-68-72-80(89)93-73-69-65-61-57-53-49-46-43-41-39-37-35-33-31-29-27-25-23-21-19-20-22-24-26-28-30-32-34-36-38-40-42-44-47-51-55-59-63-67-71-79(88)85-76(75-94-84-83(92)82(91)81(90)78(74-86)95-84)77(87)70-66-62-58-54-50-16-14-12-10-8-6-4-2/h19-20,50,54,66,70,76-78,81-84,86-87,90-92H,3-18,21-49,51-53,55-65,67-69,71-75H2,1-2H3,(H,85,88)/b20-19-,54-50+,70-66+. The number of hydrogen-bond donors (Lipinski definition) is 6. The smallest absolute Gasteiger partial charge is 0.305 e. The molecule has 0 spiro atoms. The lowest BCUT2D eigenvalue weighted by Crippen LogP contribution is -2.60. The summed E-state index contributed by atoms with van der Waals surface area (Å²) in [4.78, 5) is 25.2. The number of unbranched alkanes of at least 4 members (excludes halogenated alkanes) is 57. The number of carbonyl (C=O) groups excluding carboxylic acids is 2. The molecule has 1 aliphatic heterocycles. The van der Waals surface area contributed by atoms with Crippen molar-refractivity contribution in [3.05, 3.63) is 36.5 Å². The Hall–Kier alpha value is -2.12. The average Bonchev–Trinajstić information content (AvgIpc) is 0.850. The summed E-state index contributed by atoms with van der Waals surface area (Å²) in [6, 6.07) is -0.824. The van der Waals surface area contributed by atoms with E-state index in [1.165, 1.54) is 347 Å². The van der Waals surface area contributed by atoms with Crippen LogP contribution in [0.3, 0.4) is 0 Å². The minimum absolute atomic E-state index is 0.0209. The Morgan fingerprint density at radius 1 is 0.379 bits per heavy atom. The van der Waals surface area contributed by atoms with Crippen LogP contribution in [-0.4, -0.2) is 100 Å².